The van der Waals surface area contributed by atoms with Crippen molar-refractivity contribution in [3.8, 4) is 0 Å². The summed E-state index contributed by atoms with van der Waals surface area (Å²) in [6, 6.07) is 0. The van der Waals surface area contributed by atoms with Gasteiger partial charge in [-0.05, 0) is 22.9 Å². The maximum absolute atomic E-state index is 7.73. The number of halogens is 1. The summed E-state index contributed by atoms with van der Waals surface area (Å²) in [4.78, 5) is 10.6. The maximum Gasteiger partial charge on any atom is 0.142 e. The third kappa shape index (κ3) is 2.22. The second-order valence-corrected chi connectivity index (χ2v) is 4.50. The minimum absolute atomic E-state index is 0.346. The summed E-state index contributed by atoms with van der Waals surface area (Å²) < 4.78 is 0.346. The largest absolute Gasteiger partial charge is 0.353 e. The average molecular weight is 284 g/mol. The number of hydrogen-bond acceptors (Lipinski definition) is 5. The van der Waals surface area contributed by atoms with Crippen LogP contribution in [0.25, 0.3) is 0 Å². The molecule has 0 amide bonds. The second-order valence-electron chi connectivity index (χ2n) is 3.71. The van der Waals surface area contributed by atoms with Crippen LogP contribution in [0.4, 0.5) is 5.82 Å². The fourth-order valence-electron chi connectivity index (χ4n) is 1.83. The monoisotopic (exact) mass is 283 g/mol. The quantitative estimate of drug-likeness (QED) is 0.792. The van der Waals surface area contributed by atoms with Crippen LogP contribution < -0.4 is 10.2 Å². The normalized spacial score (nSPS) is 16.2. The summed E-state index contributed by atoms with van der Waals surface area (Å²) >= 11 is 3.21. The number of nitrogens with one attached hydrogen (secondary N) is 2. The number of rotatable bonds is 2. The van der Waals surface area contributed by atoms with E-state index in [-0.39, 0.29) is 0 Å². The van der Waals surface area contributed by atoms with Gasteiger partial charge in [-0.1, -0.05) is 0 Å². The van der Waals surface area contributed by atoms with Crippen molar-refractivity contribution in [3.63, 3.8) is 0 Å². The van der Waals surface area contributed by atoms with Crippen molar-refractivity contribution in [2.45, 2.75) is 6.92 Å². The molecule has 1 aromatic heterocycles. The Hall–Kier alpha value is -1.01. The Bertz CT molecular complexity index is 400. The van der Waals surface area contributed by atoms with Crippen LogP contribution in [0.5, 0.6) is 0 Å². The van der Waals surface area contributed by atoms with Crippen LogP contribution in [0.1, 0.15) is 11.3 Å². The van der Waals surface area contributed by atoms with E-state index in [1.807, 2.05) is 6.92 Å². The highest BCUT2D eigenvalue weighted by Gasteiger charge is 2.19. The minimum atomic E-state index is 0.346. The summed E-state index contributed by atoms with van der Waals surface area (Å²) in [6.07, 6.45) is 1.56. The molecule has 1 aliphatic rings. The van der Waals surface area contributed by atoms with E-state index >= 15 is 0 Å². The number of aryl methyl sites for hydroxylation is 1. The van der Waals surface area contributed by atoms with Crippen molar-refractivity contribution < 1.29 is 0 Å². The summed E-state index contributed by atoms with van der Waals surface area (Å²) in [7, 11) is 0. The Morgan fingerprint density at radius 3 is 2.75 bits per heavy atom. The summed E-state index contributed by atoms with van der Waals surface area (Å²) in [5, 5.41) is 11.0. The van der Waals surface area contributed by atoms with Crippen LogP contribution in [-0.4, -0.2) is 40.8 Å². The van der Waals surface area contributed by atoms with Gasteiger partial charge in [0.2, 0.25) is 0 Å². The molecular formula is C10H14BrN5. The van der Waals surface area contributed by atoms with Crippen LogP contribution >= 0.6 is 15.9 Å². The molecule has 0 spiro atoms. The van der Waals surface area contributed by atoms with Crippen LogP contribution in [0.2, 0.25) is 0 Å². The van der Waals surface area contributed by atoms with Gasteiger partial charge in [-0.25, -0.2) is 9.97 Å². The van der Waals surface area contributed by atoms with Crippen molar-refractivity contribution in [2.24, 2.45) is 0 Å². The molecule has 1 fully saturated rings. The van der Waals surface area contributed by atoms with Gasteiger partial charge in [0.25, 0.3) is 0 Å². The molecule has 5 nitrogen and oxygen atoms in total. The van der Waals surface area contributed by atoms with Crippen LogP contribution in [0, 0.1) is 12.3 Å². The first-order chi connectivity index (χ1) is 7.70. The van der Waals surface area contributed by atoms with E-state index in [1.165, 1.54) is 0 Å². The highest BCUT2D eigenvalue weighted by molar-refractivity contribution is 9.18. The number of aromatic nitrogens is 2. The standard InChI is InChI=1S/C10H14BrN5/c1-7-8(9(11)12)10(15-6-14-7)16-4-2-13-3-5-16/h6,12-13H,2-5H2,1H3. The zero-order chi connectivity index (χ0) is 11.5. The van der Waals surface area contributed by atoms with Gasteiger partial charge in [-0.2, -0.15) is 0 Å². The van der Waals surface area contributed by atoms with E-state index in [0.29, 0.717) is 4.62 Å². The van der Waals surface area contributed by atoms with E-state index in [1.54, 1.807) is 6.33 Å². The third-order valence-electron chi connectivity index (χ3n) is 2.65. The third-order valence-corrected chi connectivity index (χ3v) is 3.05. The molecule has 1 aromatic rings. The summed E-state index contributed by atoms with van der Waals surface area (Å²) in [5.41, 5.74) is 1.63. The second kappa shape index (κ2) is 4.88. The molecule has 86 valence electrons. The van der Waals surface area contributed by atoms with E-state index < -0.39 is 0 Å². The van der Waals surface area contributed by atoms with Crippen molar-refractivity contribution in [1.82, 2.24) is 15.3 Å². The Morgan fingerprint density at radius 2 is 2.12 bits per heavy atom. The zero-order valence-electron chi connectivity index (χ0n) is 9.13. The fourth-order valence-corrected chi connectivity index (χ4v) is 2.30. The zero-order valence-corrected chi connectivity index (χ0v) is 10.7. The topological polar surface area (TPSA) is 64.9 Å². The van der Waals surface area contributed by atoms with Crippen molar-refractivity contribution in [3.05, 3.63) is 17.6 Å². The minimum Gasteiger partial charge on any atom is -0.353 e. The van der Waals surface area contributed by atoms with Gasteiger partial charge in [0.1, 0.15) is 16.8 Å². The molecule has 2 rings (SSSR count). The van der Waals surface area contributed by atoms with Crippen LogP contribution in [-0.2, 0) is 0 Å². The van der Waals surface area contributed by atoms with Crippen molar-refractivity contribution in [2.75, 3.05) is 31.1 Å². The molecule has 1 aliphatic heterocycles. The SMILES string of the molecule is Cc1ncnc(N2CCNCC2)c1C(=N)Br. The lowest BCUT2D eigenvalue weighted by molar-refractivity contribution is 0.584. The predicted octanol–water partition coefficient (Wildman–Crippen LogP) is 0.915. The molecule has 2 N–H and O–H groups in total. The van der Waals surface area contributed by atoms with Crippen molar-refractivity contribution >= 4 is 26.4 Å². The lowest BCUT2D eigenvalue weighted by Crippen LogP contribution is -2.44. The molecule has 16 heavy (non-hydrogen) atoms. The van der Waals surface area contributed by atoms with Crippen molar-refractivity contribution in [1.29, 1.82) is 5.41 Å². The average Bonchev–Trinajstić information content (AvgIpc) is 2.29. The Labute approximate surface area is 103 Å². The van der Waals surface area contributed by atoms with Gasteiger partial charge in [-0.3, -0.25) is 5.41 Å². The lowest BCUT2D eigenvalue weighted by Gasteiger charge is -2.29. The molecule has 0 saturated carbocycles. The van der Waals surface area contributed by atoms with E-state index in [4.69, 9.17) is 5.41 Å². The van der Waals surface area contributed by atoms with E-state index in [2.05, 4.69) is 36.1 Å². The highest BCUT2D eigenvalue weighted by Crippen LogP contribution is 2.22. The first-order valence-corrected chi connectivity index (χ1v) is 6.01. The Balaban J connectivity index is 2.38. The lowest BCUT2D eigenvalue weighted by atomic mass is 10.2. The van der Waals surface area contributed by atoms with E-state index in [0.717, 1.165) is 43.3 Å². The van der Waals surface area contributed by atoms with Gasteiger partial charge in [-0.15, -0.1) is 0 Å². The summed E-state index contributed by atoms with van der Waals surface area (Å²) in [6.45, 7) is 5.65. The van der Waals surface area contributed by atoms with Gasteiger partial charge >= 0.3 is 0 Å². The molecule has 0 atom stereocenters. The summed E-state index contributed by atoms with van der Waals surface area (Å²) in [5.74, 6) is 0.857. The van der Waals surface area contributed by atoms with Crippen LogP contribution in [0.15, 0.2) is 6.33 Å². The van der Waals surface area contributed by atoms with Crippen LogP contribution in [0.3, 0.4) is 0 Å². The molecule has 6 heteroatoms. The number of piperazine rings is 1. The number of hydrogen-bond donors (Lipinski definition) is 2. The molecule has 1 saturated heterocycles. The molecule has 0 bridgehead atoms. The Kier molecular flexibility index (Phi) is 3.50. The Morgan fingerprint density at radius 1 is 1.44 bits per heavy atom. The molecule has 0 aliphatic carbocycles. The number of anilines is 1. The van der Waals surface area contributed by atoms with E-state index in [9.17, 15) is 0 Å². The molecule has 2 heterocycles. The predicted molar refractivity (Wildman–Crippen MR) is 67.6 cm³/mol. The fraction of sp³-hybridized carbons (Fsp3) is 0.500. The molecular weight excluding hydrogens is 270 g/mol. The number of nitrogens with zero attached hydrogens (tertiary/aromatic N) is 3. The smallest absolute Gasteiger partial charge is 0.142 e. The molecule has 0 aromatic carbocycles. The first-order valence-electron chi connectivity index (χ1n) is 5.22. The maximum atomic E-state index is 7.73. The van der Waals surface area contributed by atoms with Gasteiger partial charge in [0, 0.05) is 26.2 Å². The van der Waals surface area contributed by atoms with Gasteiger partial charge < -0.3 is 10.2 Å². The molecule has 0 radical (unpaired) electrons. The van der Waals surface area contributed by atoms with Gasteiger partial charge in [0.05, 0.1) is 11.3 Å². The molecule has 0 unspecified atom stereocenters. The van der Waals surface area contributed by atoms with Gasteiger partial charge in [0.15, 0.2) is 0 Å². The first kappa shape index (κ1) is 11.5. The highest BCUT2D eigenvalue weighted by atomic mass is 79.9.